The maximum absolute atomic E-state index is 13.9. The first-order valence-electron chi connectivity index (χ1n) is 12.4. The molecule has 1 aromatic carbocycles. The van der Waals surface area contributed by atoms with Crippen LogP contribution in [0.5, 0.6) is 5.75 Å². The van der Waals surface area contributed by atoms with Crippen LogP contribution < -0.4 is 15.0 Å². The zero-order chi connectivity index (χ0) is 24.4. The van der Waals surface area contributed by atoms with Gasteiger partial charge in [-0.2, -0.15) is 5.10 Å². The Morgan fingerprint density at radius 1 is 1.11 bits per heavy atom. The van der Waals surface area contributed by atoms with Gasteiger partial charge in [-0.1, -0.05) is 32.1 Å². The van der Waals surface area contributed by atoms with E-state index in [1.165, 1.54) is 19.3 Å². The summed E-state index contributed by atoms with van der Waals surface area (Å²) in [6.45, 7) is 2.06. The molecule has 2 aliphatic rings. The van der Waals surface area contributed by atoms with Gasteiger partial charge in [0.15, 0.2) is 5.76 Å². The summed E-state index contributed by atoms with van der Waals surface area (Å²) in [6, 6.07) is 12.7. The highest BCUT2D eigenvalue weighted by Gasteiger charge is 2.49. The lowest BCUT2D eigenvalue weighted by molar-refractivity contribution is -0.127. The number of rotatable bonds is 5. The van der Waals surface area contributed by atoms with Crippen molar-refractivity contribution < 1.29 is 18.7 Å². The van der Waals surface area contributed by atoms with Gasteiger partial charge in [-0.25, -0.2) is 0 Å². The molecule has 5 rings (SSSR count). The fourth-order valence-electron chi connectivity index (χ4n) is 5.20. The lowest BCUT2D eigenvalue weighted by Gasteiger charge is -2.43. The van der Waals surface area contributed by atoms with Gasteiger partial charge in [-0.05, 0) is 56.2 Å². The molecule has 35 heavy (non-hydrogen) atoms. The van der Waals surface area contributed by atoms with Crippen LogP contribution in [0.15, 0.2) is 53.1 Å². The number of hydrogen-bond acceptors (Lipinski definition) is 5. The van der Waals surface area contributed by atoms with Gasteiger partial charge < -0.3 is 14.5 Å². The monoisotopic (exact) mass is 476 g/mol. The van der Waals surface area contributed by atoms with Crippen molar-refractivity contribution in [1.29, 1.82) is 0 Å². The zero-order valence-electron chi connectivity index (χ0n) is 20.3. The van der Waals surface area contributed by atoms with Crippen molar-refractivity contribution in [1.82, 2.24) is 15.1 Å². The average molecular weight is 477 g/mol. The van der Waals surface area contributed by atoms with Gasteiger partial charge in [0.2, 0.25) is 5.91 Å². The van der Waals surface area contributed by atoms with Crippen molar-refractivity contribution >= 4 is 17.5 Å². The summed E-state index contributed by atoms with van der Waals surface area (Å²) < 4.78 is 12.4. The molecule has 2 amide bonds. The minimum absolute atomic E-state index is 0.116. The third kappa shape index (κ3) is 4.45. The average Bonchev–Trinajstić information content (AvgIpc) is 3.51. The Kier molecular flexibility index (Phi) is 6.36. The second-order valence-electron chi connectivity index (χ2n) is 9.68. The molecule has 0 spiro atoms. The maximum atomic E-state index is 13.9. The van der Waals surface area contributed by atoms with Crippen LogP contribution in [0.2, 0.25) is 0 Å². The van der Waals surface area contributed by atoms with Crippen molar-refractivity contribution in [3.63, 3.8) is 0 Å². The van der Waals surface area contributed by atoms with E-state index in [4.69, 9.17) is 9.15 Å². The lowest BCUT2D eigenvalue weighted by atomic mass is 9.91. The molecule has 1 atom stereocenters. The van der Waals surface area contributed by atoms with Crippen molar-refractivity contribution in [2.45, 2.75) is 70.0 Å². The summed E-state index contributed by atoms with van der Waals surface area (Å²) >= 11 is 0. The third-order valence-corrected chi connectivity index (χ3v) is 7.19. The Morgan fingerprint density at radius 2 is 1.83 bits per heavy atom. The molecule has 1 aliphatic carbocycles. The van der Waals surface area contributed by atoms with E-state index in [0.29, 0.717) is 28.6 Å². The van der Waals surface area contributed by atoms with Crippen LogP contribution >= 0.6 is 0 Å². The van der Waals surface area contributed by atoms with E-state index in [9.17, 15) is 9.59 Å². The largest absolute Gasteiger partial charge is 0.497 e. The van der Waals surface area contributed by atoms with E-state index >= 15 is 0 Å². The first-order chi connectivity index (χ1) is 17.0. The number of amides is 2. The number of aromatic nitrogens is 2. The Bertz CT molecular complexity index is 1180. The Morgan fingerprint density at radius 3 is 2.49 bits per heavy atom. The molecule has 0 bridgehead atoms. The number of benzene rings is 1. The molecule has 1 N–H and O–H groups in total. The standard InChI is InChI=1S/C27H32N4O4/c1-27(26(33)28-19-9-6-4-3-5-7-10-19)18-30-23(17-22(29-30)24-11-8-16-35-24)25(32)31(27)20-12-14-21(34-2)15-13-20/h8,11-17,19H,3-7,9-10,18H2,1-2H3,(H,28,33). The normalized spacial score (nSPS) is 21.2. The van der Waals surface area contributed by atoms with Crippen LogP contribution in [0.3, 0.4) is 0 Å². The second kappa shape index (κ2) is 9.60. The van der Waals surface area contributed by atoms with Crippen LogP contribution in [-0.2, 0) is 11.3 Å². The number of fused-ring (bicyclic) bond motifs is 1. The number of ether oxygens (including phenoxy) is 1. The molecule has 0 radical (unpaired) electrons. The van der Waals surface area contributed by atoms with Crippen molar-refractivity contribution in [3.05, 3.63) is 54.4 Å². The summed E-state index contributed by atoms with van der Waals surface area (Å²) in [5, 5.41) is 7.91. The molecular weight excluding hydrogens is 444 g/mol. The zero-order valence-corrected chi connectivity index (χ0v) is 20.3. The molecule has 8 heteroatoms. The topological polar surface area (TPSA) is 89.6 Å². The second-order valence-corrected chi connectivity index (χ2v) is 9.68. The van der Waals surface area contributed by atoms with Gasteiger partial charge in [0.05, 0.1) is 19.9 Å². The quantitative estimate of drug-likeness (QED) is 0.571. The van der Waals surface area contributed by atoms with Gasteiger partial charge in [0.25, 0.3) is 5.91 Å². The third-order valence-electron chi connectivity index (χ3n) is 7.19. The maximum Gasteiger partial charge on any atom is 0.277 e. The first kappa shape index (κ1) is 23.2. The Labute approximate surface area is 205 Å². The number of furan rings is 1. The van der Waals surface area contributed by atoms with E-state index in [-0.39, 0.29) is 24.4 Å². The Balaban J connectivity index is 1.51. The number of methoxy groups -OCH3 is 1. The van der Waals surface area contributed by atoms with Crippen molar-refractivity contribution in [2.24, 2.45) is 0 Å². The molecule has 2 aromatic heterocycles. The molecule has 184 valence electrons. The number of nitrogens with zero attached hydrogens (tertiary/aromatic N) is 3. The number of anilines is 1. The molecule has 3 aromatic rings. The van der Waals surface area contributed by atoms with E-state index in [2.05, 4.69) is 10.4 Å². The van der Waals surface area contributed by atoms with E-state index in [0.717, 1.165) is 25.7 Å². The van der Waals surface area contributed by atoms with Crippen molar-refractivity contribution in [3.8, 4) is 17.2 Å². The van der Waals surface area contributed by atoms with Gasteiger partial charge in [-0.15, -0.1) is 0 Å². The van der Waals surface area contributed by atoms with Crippen LogP contribution in [0.1, 0.15) is 62.4 Å². The van der Waals surface area contributed by atoms with E-state index in [1.807, 2.05) is 19.1 Å². The van der Waals surface area contributed by atoms with Crippen LogP contribution in [0.4, 0.5) is 5.69 Å². The number of nitrogens with one attached hydrogen (secondary N) is 1. The van der Waals surface area contributed by atoms with Gasteiger partial charge in [0.1, 0.15) is 22.7 Å². The van der Waals surface area contributed by atoms with Crippen LogP contribution in [0, 0.1) is 0 Å². The SMILES string of the molecule is COc1ccc(N2C(=O)c3cc(-c4ccco4)nn3CC2(C)C(=O)NC2CCCCCCC2)cc1. The molecule has 3 heterocycles. The highest BCUT2D eigenvalue weighted by atomic mass is 16.5. The predicted molar refractivity (Wildman–Crippen MR) is 132 cm³/mol. The fourth-order valence-corrected chi connectivity index (χ4v) is 5.20. The van der Waals surface area contributed by atoms with E-state index in [1.54, 1.807) is 53.3 Å². The van der Waals surface area contributed by atoms with Gasteiger partial charge >= 0.3 is 0 Å². The molecule has 1 unspecified atom stereocenters. The molecule has 1 fully saturated rings. The highest BCUT2D eigenvalue weighted by molar-refractivity contribution is 6.12. The molecule has 0 saturated heterocycles. The van der Waals surface area contributed by atoms with Crippen LogP contribution in [-0.4, -0.2) is 40.3 Å². The van der Waals surface area contributed by atoms with Gasteiger partial charge in [-0.3, -0.25) is 19.2 Å². The fraction of sp³-hybridized carbons (Fsp3) is 0.444. The summed E-state index contributed by atoms with van der Waals surface area (Å²) in [6.07, 6.45) is 9.39. The number of carbonyl (C=O) groups is 2. The molecule has 1 aliphatic heterocycles. The van der Waals surface area contributed by atoms with Crippen LogP contribution in [0.25, 0.3) is 11.5 Å². The number of hydrogen-bond donors (Lipinski definition) is 1. The first-order valence-corrected chi connectivity index (χ1v) is 12.4. The molecular formula is C27H32N4O4. The molecule has 8 nitrogen and oxygen atoms in total. The summed E-state index contributed by atoms with van der Waals surface area (Å²) in [5.41, 5.74) is 0.465. The minimum Gasteiger partial charge on any atom is -0.497 e. The van der Waals surface area contributed by atoms with E-state index < -0.39 is 5.54 Å². The predicted octanol–water partition coefficient (Wildman–Crippen LogP) is 4.80. The highest BCUT2D eigenvalue weighted by Crippen LogP contribution is 2.35. The summed E-state index contributed by atoms with van der Waals surface area (Å²) in [4.78, 5) is 29.4. The Hall–Kier alpha value is -3.55. The number of carbonyl (C=O) groups excluding carboxylic acids is 2. The lowest BCUT2D eigenvalue weighted by Crippen LogP contribution is -2.65. The molecule has 1 saturated carbocycles. The minimum atomic E-state index is -1.16. The van der Waals surface area contributed by atoms with Crippen molar-refractivity contribution in [2.75, 3.05) is 12.0 Å². The smallest absolute Gasteiger partial charge is 0.277 e. The van der Waals surface area contributed by atoms with Gasteiger partial charge in [0, 0.05) is 17.8 Å². The summed E-state index contributed by atoms with van der Waals surface area (Å²) in [5.74, 6) is 0.829. The summed E-state index contributed by atoms with van der Waals surface area (Å²) in [7, 11) is 1.60.